The van der Waals surface area contributed by atoms with Crippen LogP contribution in [-0.4, -0.2) is 13.2 Å². The summed E-state index contributed by atoms with van der Waals surface area (Å²) in [6, 6.07) is 13.9. The van der Waals surface area contributed by atoms with Crippen LogP contribution in [0.15, 0.2) is 42.5 Å². The summed E-state index contributed by atoms with van der Waals surface area (Å²) in [5.41, 5.74) is 3.37. The van der Waals surface area contributed by atoms with Gasteiger partial charge in [0.15, 0.2) is 0 Å². The molecule has 20 heavy (non-hydrogen) atoms. The molecule has 2 aromatic rings. The van der Waals surface area contributed by atoms with Crippen LogP contribution in [0.4, 0.5) is 5.69 Å². The highest BCUT2D eigenvalue weighted by molar-refractivity contribution is 6.39. The topological polar surface area (TPSA) is 21.3 Å². The number of rotatable bonds is 3. The largest absolute Gasteiger partial charge is 0.380 e. The standard InChI is InChI=1S/C16H15Cl2NO/c17-13-6-3-7-14(18)16(13)19-10-15-12-5-2-1-4-11(12)8-9-20-15/h1-7,15,19H,8-10H2. The van der Waals surface area contributed by atoms with Crippen molar-refractivity contribution in [2.45, 2.75) is 12.5 Å². The lowest BCUT2D eigenvalue weighted by molar-refractivity contribution is 0.0513. The number of hydrogen-bond acceptors (Lipinski definition) is 2. The van der Waals surface area contributed by atoms with Crippen molar-refractivity contribution in [1.29, 1.82) is 0 Å². The van der Waals surface area contributed by atoms with E-state index in [1.165, 1.54) is 11.1 Å². The van der Waals surface area contributed by atoms with Crippen molar-refractivity contribution < 1.29 is 4.74 Å². The van der Waals surface area contributed by atoms with Crippen molar-refractivity contribution in [2.75, 3.05) is 18.5 Å². The van der Waals surface area contributed by atoms with Gasteiger partial charge in [0.05, 0.1) is 28.4 Å². The molecular formula is C16H15Cl2NO. The van der Waals surface area contributed by atoms with Gasteiger partial charge in [-0.05, 0) is 29.7 Å². The molecular weight excluding hydrogens is 293 g/mol. The number of hydrogen-bond donors (Lipinski definition) is 1. The molecule has 104 valence electrons. The Kier molecular flexibility index (Phi) is 4.16. The van der Waals surface area contributed by atoms with Crippen molar-refractivity contribution in [1.82, 2.24) is 0 Å². The fraction of sp³-hybridized carbons (Fsp3) is 0.250. The first-order chi connectivity index (χ1) is 9.75. The number of ether oxygens (including phenoxy) is 1. The number of fused-ring (bicyclic) bond motifs is 1. The molecule has 0 radical (unpaired) electrons. The molecule has 0 spiro atoms. The van der Waals surface area contributed by atoms with Gasteiger partial charge in [-0.2, -0.15) is 0 Å². The third-order valence-electron chi connectivity index (χ3n) is 3.52. The lowest BCUT2D eigenvalue weighted by Crippen LogP contribution is -2.22. The molecule has 0 amide bonds. The number of halogens is 2. The molecule has 0 saturated carbocycles. The van der Waals surface area contributed by atoms with E-state index in [4.69, 9.17) is 27.9 Å². The summed E-state index contributed by atoms with van der Waals surface area (Å²) in [6.07, 6.45) is 1.01. The molecule has 2 nitrogen and oxygen atoms in total. The van der Waals surface area contributed by atoms with Crippen LogP contribution in [0, 0.1) is 0 Å². The maximum atomic E-state index is 6.16. The van der Waals surface area contributed by atoms with Crippen molar-refractivity contribution in [2.24, 2.45) is 0 Å². The van der Waals surface area contributed by atoms with E-state index < -0.39 is 0 Å². The Morgan fingerprint density at radius 3 is 2.60 bits per heavy atom. The second-order valence-corrected chi connectivity index (χ2v) is 5.60. The van der Waals surface area contributed by atoms with E-state index in [2.05, 4.69) is 23.5 Å². The third-order valence-corrected chi connectivity index (χ3v) is 4.15. The number of benzene rings is 2. The Bertz CT molecular complexity index is 595. The van der Waals surface area contributed by atoms with Gasteiger partial charge in [-0.3, -0.25) is 0 Å². The zero-order valence-corrected chi connectivity index (χ0v) is 12.4. The maximum Gasteiger partial charge on any atom is 0.0999 e. The average Bonchev–Trinajstić information content (AvgIpc) is 2.47. The smallest absolute Gasteiger partial charge is 0.0999 e. The van der Waals surface area contributed by atoms with Gasteiger partial charge in [0.25, 0.3) is 0 Å². The molecule has 0 saturated heterocycles. The lowest BCUT2D eigenvalue weighted by Gasteiger charge is -2.26. The van der Waals surface area contributed by atoms with Crippen molar-refractivity contribution >= 4 is 28.9 Å². The quantitative estimate of drug-likeness (QED) is 0.886. The minimum absolute atomic E-state index is 0.0345. The van der Waals surface area contributed by atoms with Gasteiger partial charge in [0.2, 0.25) is 0 Å². The number of anilines is 1. The molecule has 1 unspecified atom stereocenters. The summed E-state index contributed by atoms with van der Waals surface area (Å²) in [6.45, 7) is 1.40. The van der Waals surface area contributed by atoms with Crippen LogP contribution in [0.5, 0.6) is 0 Å². The first-order valence-electron chi connectivity index (χ1n) is 6.63. The highest BCUT2D eigenvalue weighted by Gasteiger charge is 2.20. The van der Waals surface area contributed by atoms with Gasteiger partial charge < -0.3 is 10.1 Å². The second-order valence-electron chi connectivity index (χ2n) is 4.79. The van der Waals surface area contributed by atoms with Gasteiger partial charge in [0, 0.05) is 6.54 Å². The molecule has 2 aromatic carbocycles. The predicted molar refractivity (Wildman–Crippen MR) is 83.8 cm³/mol. The van der Waals surface area contributed by atoms with Crippen LogP contribution in [0.25, 0.3) is 0 Å². The molecule has 4 heteroatoms. The van der Waals surface area contributed by atoms with E-state index >= 15 is 0 Å². The molecule has 0 aromatic heterocycles. The summed E-state index contributed by atoms with van der Waals surface area (Å²) in [4.78, 5) is 0. The summed E-state index contributed by atoms with van der Waals surface area (Å²) in [7, 11) is 0. The minimum Gasteiger partial charge on any atom is -0.380 e. The molecule has 1 N–H and O–H groups in total. The second kappa shape index (κ2) is 6.04. The summed E-state index contributed by atoms with van der Waals surface area (Å²) < 4.78 is 5.86. The van der Waals surface area contributed by atoms with Crippen LogP contribution in [0.2, 0.25) is 10.0 Å². The summed E-state index contributed by atoms with van der Waals surface area (Å²) in [5, 5.41) is 4.56. The van der Waals surface area contributed by atoms with Gasteiger partial charge >= 0.3 is 0 Å². The Labute approximate surface area is 128 Å². The molecule has 1 heterocycles. The first-order valence-corrected chi connectivity index (χ1v) is 7.38. The number of para-hydroxylation sites is 1. The number of nitrogens with one attached hydrogen (secondary N) is 1. The van der Waals surface area contributed by atoms with E-state index in [0.717, 1.165) is 18.7 Å². The highest BCUT2D eigenvalue weighted by Crippen LogP contribution is 2.32. The normalized spacial score (nSPS) is 17.6. The summed E-state index contributed by atoms with van der Waals surface area (Å²) >= 11 is 12.3. The molecule has 0 bridgehead atoms. The van der Waals surface area contributed by atoms with Gasteiger partial charge in [-0.25, -0.2) is 0 Å². The van der Waals surface area contributed by atoms with Gasteiger partial charge in [-0.1, -0.05) is 53.5 Å². The Morgan fingerprint density at radius 2 is 1.80 bits per heavy atom. The Morgan fingerprint density at radius 1 is 1.05 bits per heavy atom. The van der Waals surface area contributed by atoms with Gasteiger partial charge in [-0.15, -0.1) is 0 Å². The van der Waals surface area contributed by atoms with E-state index in [-0.39, 0.29) is 6.10 Å². The Balaban J connectivity index is 1.77. The fourth-order valence-corrected chi connectivity index (χ4v) is 3.04. The first kappa shape index (κ1) is 13.7. The van der Waals surface area contributed by atoms with Crippen LogP contribution >= 0.6 is 23.2 Å². The molecule has 0 fully saturated rings. The van der Waals surface area contributed by atoms with Crippen LogP contribution in [-0.2, 0) is 11.2 Å². The minimum atomic E-state index is 0.0345. The van der Waals surface area contributed by atoms with E-state index in [1.807, 2.05) is 24.3 Å². The van der Waals surface area contributed by atoms with Crippen molar-refractivity contribution in [3.05, 3.63) is 63.6 Å². The van der Waals surface area contributed by atoms with Crippen LogP contribution in [0.3, 0.4) is 0 Å². The summed E-state index contributed by atoms with van der Waals surface area (Å²) in [5.74, 6) is 0. The third kappa shape index (κ3) is 2.78. The molecule has 0 aliphatic carbocycles. The van der Waals surface area contributed by atoms with E-state index in [9.17, 15) is 0 Å². The van der Waals surface area contributed by atoms with Gasteiger partial charge in [0.1, 0.15) is 0 Å². The molecule has 1 aliphatic heterocycles. The SMILES string of the molecule is Clc1cccc(Cl)c1NCC1OCCc2ccccc21. The van der Waals surface area contributed by atoms with Crippen molar-refractivity contribution in [3.63, 3.8) is 0 Å². The predicted octanol–water partition coefficient (Wildman–Crippen LogP) is 4.72. The average molecular weight is 308 g/mol. The maximum absolute atomic E-state index is 6.16. The lowest BCUT2D eigenvalue weighted by atomic mass is 9.97. The Hall–Kier alpha value is -1.22. The zero-order valence-electron chi connectivity index (χ0n) is 10.9. The van der Waals surface area contributed by atoms with E-state index in [0.29, 0.717) is 16.6 Å². The van der Waals surface area contributed by atoms with Crippen LogP contribution < -0.4 is 5.32 Å². The molecule has 1 atom stereocenters. The molecule has 3 rings (SSSR count). The van der Waals surface area contributed by atoms with E-state index in [1.54, 1.807) is 0 Å². The zero-order chi connectivity index (χ0) is 13.9. The van der Waals surface area contributed by atoms with Crippen LogP contribution in [0.1, 0.15) is 17.2 Å². The highest BCUT2D eigenvalue weighted by atomic mass is 35.5. The monoisotopic (exact) mass is 307 g/mol. The van der Waals surface area contributed by atoms with Crippen molar-refractivity contribution in [3.8, 4) is 0 Å². The molecule has 1 aliphatic rings. The fourth-order valence-electron chi connectivity index (χ4n) is 2.51.